The van der Waals surface area contributed by atoms with Crippen LogP contribution in [-0.2, 0) is 0 Å². The van der Waals surface area contributed by atoms with Gasteiger partial charge < -0.3 is 5.73 Å². The summed E-state index contributed by atoms with van der Waals surface area (Å²) in [6.07, 6.45) is 0. The Morgan fingerprint density at radius 3 is 2.12 bits per heavy atom. The van der Waals surface area contributed by atoms with Crippen LogP contribution in [0.3, 0.4) is 0 Å². The van der Waals surface area contributed by atoms with Gasteiger partial charge in [-0.05, 0) is 23.3 Å². The van der Waals surface area contributed by atoms with Crippen molar-refractivity contribution in [3.63, 3.8) is 0 Å². The lowest BCUT2D eigenvalue weighted by atomic mass is 10.00. The van der Waals surface area contributed by atoms with E-state index in [0.29, 0.717) is 5.02 Å². The third kappa shape index (κ3) is 2.29. The van der Waals surface area contributed by atoms with Gasteiger partial charge in [-0.1, -0.05) is 63.9 Å². The minimum atomic E-state index is -0.204. The first-order chi connectivity index (χ1) is 7.70. The Morgan fingerprint density at radius 2 is 1.50 bits per heavy atom. The number of hydrogen-bond donors (Lipinski definition) is 1. The summed E-state index contributed by atoms with van der Waals surface area (Å²) in [6, 6.07) is 15.4. The highest BCUT2D eigenvalue weighted by atomic mass is 79.9. The zero-order valence-electron chi connectivity index (χ0n) is 8.53. The molecule has 2 N–H and O–H groups in total. The highest BCUT2D eigenvalue weighted by molar-refractivity contribution is 9.10. The van der Waals surface area contributed by atoms with E-state index in [1.807, 2.05) is 48.5 Å². The summed E-state index contributed by atoms with van der Waals surface area (Å²) in [7, 11) is 0. The molecule has 16 heavy (non-hydrogen) atoms. The van der Waals surface area contributed by atoms with Crippen molar-refractivity contribution in [2.75, 3.05) is 0 Å². The van der Waals surface area contributed by atoms with Gasteiger partial charge in [0.15, 0.2) is 0 Å². The molecule has 82 valence electrons. The largest absolute Gasteiger partial charge is 0.320 e. The highest BCUT2D eigenvalue weighted by Crippen LogP contribution is 2.30. The van der Waals surface area contributed by atoms with Crippen molar-refractivity contribution in [3.05, 3.63) is 69.2 Å². The molecule has 0 heterocycles. The number of rotatable bonds is 2. The summed E-state index contributed by atoms with van der Waals surface area (Å²) in [5.41, 5.74) is 8.18. The average molecular weight is 297 g/mol. The van der Waals surface area contributed by atoms with Gasteiger partial charge in [-0.15, -0.1) is 0 Å². The number of nitrogens with two attached hydrogens (primary N) is 1. The third-order valence-electron chi connectivity index (χ3n) is 2.48. The Morgan fingerprint density at radius 1 is 0.938 bits per heavy atom. The van der Waals surface area contributed by atoms with Crippen LogP contribution in [0.5, 0.6) is 0 Å². The lowest BCUT2D eigenvalue weighted by molar-refractivity contribution is 0.866. The Labute approximate surface area is 108 Å². The van der Waals surface area contributed by atoms with E-state index >= 15 is 0 Å². The van der Waals surface area contributed by atoms with Crippen LogP contribution in [0.4, 0.5) is 0 Å². The maximum Gasteiger partial charge on any atom is 0.0577 e. The molecule has 0 radical (unpaired) electrons. The third-order valence-corrected chi connectivity index (χ3v) is 3.55. The van der Waals surface area contributed by atoms with Crippen LogP contribution >= 0.6 is 27.5 Å². The van der Waals surface area contributed by atoms with Crippen molar-refractivity contribution in [3.8, 4) is 0 Å². The normalized spacial score (nSPS) is 12.4. The molecule has 2 aromatic carbocycles. The fourth-order valence-electron chi connectivity index (χ4n) is 1.62. The van der Waals surface area contributed by atoms with Gasteiger partial charge in [0, 0.05) is 9.50 Å². The zero-order chi connectivity index (χ0) is 11.5. The summed E-state index contributed by atoms with van der Waals surface area (Å²) >= 11 is 9.62. The maximum atomic E-state index is 6.20. The fourth-order valence-corrected chi connectivity index (χ4v) is 2.41. The van der Waals surface area contributed by atoms with Crippen molar-refractivity contribution in [2.45, 2.75) is 6.04 Å². The van der Waals surface area contributed by atoms with Crippen LogP contribution < -0.4 is 5.73 Å². The highest BCUT2D eigenvalue weighted by Gasteiger charge is 2.13. The van der Waals surface area contributed by atoms with Gasteiger partial charge in [0.05, 0.1) is 6.04 Å². The lowest BCUT2D eigenvalue weighted by Gasteiger charge is -2.15. The lowest BCUT2D eigenvalue weighted by Crippen LogP contribution is -2.12. The van der Waals surface area contributed by atoms with Crippen molar-refractivity contribution in [2.24, 2.45) is 5.73 Å². The Balaban J connectivity index is 2.44. The van der Waals surface area contributed by atoms with Gasteiger partial charge in [0.2, 0.25) is 0 Å². The molecule has 0 fully saturated rings. The molecule has 3 heteroatoms. The van der Waals surface area contributed by atoms with E-state index in [1.165, 1.54) is 0 Å². The monoisotopic (exact) mass is 295 g/mol. The summed E-state index contributed by atoms with van der Waals surface area (Å²) in [5, 5.41) is 0.700. The molecule has 2 aromatic rings. The Bertz CT molecular complexity index is 453. The van der Waals surface area contributed by atoms with E-state index in [-0.39, 0.29) is 6.04 Å². The molecule has 0 spiro atoms. The van der Waals surface area contributed by atoms with Crippen LogP contribution in [0.25, 0.3) is 0 Å². The van der Waals surface area contributed by atoms with E-state index in [1.54, 1.807) is 0 Å². The molecule has 1 unspecified atom stereocenters. The van der Waals surface area contributed by atoms with E-state index in [9.17, 15) is 0 Å². The van der Waals surface area contributed by atoms with E-state index < -0.39 is 0 Å². The second-order valence-corrected chi connectivity index (χ2v) is 4.78. The van der Waals surface area contributed by atoms with Crippen LogP contribution in [0.1, 0.15) is 17.2 Å². The Hall–Kier alpha value is -0.830. The van der Waals surface area contributed by atoms with Gasteiger partial charge in [0.1, 0.15) is 0 Å². The van der Waals surface area contributed by atoms with Gasteiger partial charge >= 0.3 is 0 Å². The molecule has 0 aromatic heterocycles. The first-order valence-corrected chi connectivity index (χ1v) is 6.11. The quantitative estimate of drug-likeness (QED) is 0.885. The van der Waals surface area contributed by atoms with Crippen LogP contribution in [0.15, 0.2) is 53.0 Å². The average Bonchev–Trinajstić information content (AvgIpc) is 2.29. The molecule has 0 aliphatic rings. The van der Waals surface area contributed by atoms with E-state index in [2.05, 4.69) is 15.9 Å². The molecule has 0 bridgehead atoms. The second kappa shape index (κ2) is 5.00. The van der Waals surface area contributed by atoms with Gasteiger partial charge in [-0.25, -0.2) is 0 Å². The fraction of sp³-hybridized carbons (Fsp3) is 0.0769. The predicted octanol–water partition coefficient (Wildman–Crippen LogP) is 4.15. The summed E-state index contributed by atoms with van der Waals surface area (Å²) < 4.78 is 1.00. The van der Waals surface area contributed by atoms with Crippen LogP contribution in [-0.4, -0.2) is 0 Å². The molecule has 0 aliphatic heterocycles. The molecular formula is C13H11BrClN. The molecule has 0 amide bonds. The number of halogens is 2. The molecule has 1 nitrogen and oxygen atoms in total. The number of hydrogen-bond acceptors (Lipinski definition) is 1. The first kappa shape index (κ1) is 11.6. The standard InChI is InChI=1S/C13H11BrClN/c14-11-7-3-1-5-9(11)13(16)10-6-2-4-8-12(10)15/h1-8,13H,16H2. The first-order valence-electron chi connectivity index (χ1n) is 4.94. The second-order valence-electron chi connectivity index (χ2n) is 3.52. The van der Waals surface area contributed by atoms with Gasteiger partial charge in [0.25, 0.3) is 0 Å². The maximum absolute atomic E-state index is 6.20. The van der Waals surface area contributed by atoms with Gasteiger partial charge in [-0.2, -0.15) is 0 Å². The smallest absolute Gasteiger partial charge is 0.0577 e. The molecule has 2 rings (SSSR count). The van der Waals surface area contributed by atoms with Crippen molar-refractivity contribution < 1.29 is 0 Å². The van der Waals surface area contributed by atoms with E-state index in [0.717, 1.165) is 15.6 Å². The molecule has 0 saturated heterocycles. The molecule has 0 saturated carbocycles. The summed E-state index contributed by atoms with van der Waals surface area (Å²) in [5.74, 6) is 0. The minimum Gasteiger partial charge on any atom is -0.320 e. The molecular weight excluding hydrogens is 286 g/mol. The summed E-state index contributed by atoms with van der Waals surface area (Å²) in [6.45, 7) is 0. The topological polar surface area (TPSA) is 26.0 Å². The van der Waals surface area contributed by atoms with E-state index in [4.69, 9.17) is 17.3 Å². The van der Waals surface area contributed by atoms with Crippen LogP contribution in [0.2, 0.25) is 5.02 Å². The minimum absolute atomic E-state index is 0.204. The summed E-state index contributed by atoms with van der Waals surface area (Å²) in [4.78, 5) is 0. The molecule has 0 aliphatic carbocycles. The van der Waals surface area contributed by atoms with Crippen molar-refractivity contribution >= 4 is 27.5 Å². The van der Waals surface area contributed by atoms with Crippen molar-refractivity contribution in [1.82, 2.24) is 0 Å². The zero-order valence-corrected chi connectivity index (χ0v) is 10.9. The Kier molecular flexibility index (Phi) is 3.64. The van der Waals surface area contributed by atoms with Crippen molar-refractivity contribution in [1.29, 1.82) is 0 Å². The molecule has 1 atom stereocenters. The number of benzene rings is 2. The SMILES string of the molecule is NC(c1ccccc1Cl)c1ccccc1Br. The van der Waals surface area contributed by atoms with Crippen LogP contribution in [0, 0.1) is 0 Å². The van der Waals surface area contributed by atoms with Gasteiger partial charge in [-0.3, -0.25) is 0 Å². The predicted molar refractivity (Wildman–Crippen MR) is 71.6 cm³/mol.